The van der Waals surface area contributed by atoms with Crippen molar-refractivity contribution in [3.63, 3.8) is 0 Å². The van der Waals surface area contributed by atoms with Crippen molar-refractivity contribution in [1.82, 2.24) is 14.5 Å². The predicted molar refractivity (Wildman–Crippen MR) is 119 cm³/mol. The zero-order valence-electron chi connectivity index (χ0n) is 18.1. The molecular weight excluding hydrogens is 433 g/mol. The molecule has 1 heterocycles. The van der Waals surface area contributed by atoms with E-state index in [-0.39, 0.29) is 48.5 Å². The fourth-order valence-electron chi connectivity index (χ4n) is 3.50. The molecule has 7 nitrogen and oxygen atoms in total. The molecule has 2 aromatic rings. The van der Waals surface area contributed by atoms with Gasteiger partial charge in [-0.25, -0.2) is 12.8 Å². The van der Waals surface area contributed by atoms with Crippen LogP contribution in [0.1, 0.15) is 24.0 Å². The highest BCUT2D eigenvalue weighted by molar-refractivity contribution is 7.89. The van der Waals surface area contributed by atoms with E-state index < -0.39 is 10.0 Å². The zero-order valence-corrected chi connectivity index (χ0v) is 18.9. The molecule has 1 saturated heterocycles. The number of hydrogen-bond donors (Lipinski definition) is 1. The van der Waals surface area contributed by atoms with Gasteiger partial charge in [0, 0.05) is 45.6 Å². The Balaban J connectivity index is 1.39. The monoisotopic (exact) mass is 461 g/mol. The smallest absolute Gasteiger partial charge is 0.243 e. The van der Waals surface area contributed by atoms with Crippen LogP contribution in [0.25, 0.3) is 0 Å². The quantitative estimate of drug-likeness (QED) is 0.652. The average molecular weight is 462 g/mol. The second-order valence-corrected chi connectivity index (χ2v) is 9.76. The van der Waals surface area contributed by atoms with Crippen molar-refractivity contribution in [3.05, 3.63) is 65.5 Å². The second kappa shape index (κ2) is 10.7. The molecule has 0 aliphatic carbocycles. The minimum Gasteiger partial charge on any atom is -0.356 e. The molecule has 0 radical (unpaired) electrons. The third-order valence-electron chi connectivity index (χ3n) is 5.47. The topological polar surface area (TPSA) is 86.8 Å². The standard InChI is InChI=1S/C23H28FN3O4S/c1-18-2-8-21(9-3-18)32(30,31)27-16-14-26(15-17-27)23(29)11-10-22(28)25-13-12-19-4-6-20(24)7-5-19/h2-9H,10-17H2,1H3,(H,25,28). The van der Waals surface area contributed by atoms with Crippen LogP contribution in [0.15, 0.2) is 53.4 Å². The number of rotatable bonds is 8. The van der Waals surface area contributed by atoms with Gasteiger partial charge >= 0.3 is 0 Å². The lowest BCUT2D eigenvalue weighted by Crippen LogP contribution is -2.50. The van der Waals surface area contributed by atoms with E-state index in [2.05, 4.69) is 5.32 Å². The molecule has 9 heteroatoms. The highest BCUT2D eigenvalue weighted by Crippen LogP contribution is 2.18. The number of piperazine rings is 1. The van der Waals surface area contributed by atoms with Gasteiger partial charge in [0.1, 0.15) is 5.82 Å². The number of carbonyl (C=O) groups excluding carboxylic acids is 2. The van der Waals surface area contributed by atoms with Gasteiger partial charge < -0.3 is 10.2 Å². The maximum Gasteiger partial charge on any atom is 0.243 e. The molecule has 0 spiro atoms. The number of halogens is 1. The van der Waals surface area contributed by atoms with E-state index in [1.54, 1.807) is 41.3 Å². The summed E-state index contributed by atoms with van der Waals surface area (Å²) in [5, 5.41) is 2.76. The zero-order chi connectivity index (χ0) is 23.1. The van der Waals surface area contributed by atoms with Crippen LogP contribution in [0, 0.1) is 12.7 Å². The van der Waals surface area contributed by atoms with Crippen molar-refractivity contribution >= 4 is 21.8 Å². The van der Waals surface area contributed by atoms with Crippen LogP contribution in [-0.2, 0) is 26.0 Å². The first-order valence-electron chi connectivity index (χ1n) is 10.6. The van der Waals surface area contributed by atoms with Crippen LogP contribution in [-0.4, -0.2) is 62.2 Å². The molecular formula is C23H28FN3O4S. The van der Waals surface area contributed by atoms with Crippen LogP contribution >= 0.6 is 0 Å². The van der Waals surface area contributed by atoms with Gasteiger partial charge in [-0.2, -0.15) is 4.31 Å². The number of aryl methyl sites for hydroxylation is 1. The van der Waals surface area contributed by atoms with Gasteiger partial charge in [0.15, 0.2) is 0 Å². The van der Waals surface area contributed by atoms with E-state index in [1.807, 2.05) is 6.92 Å². The molecule has 1 aliphatic rings. The summed E-state index contributed by atoms with van der Waals surface area (Å²) < 4.78 is 39.8. The first kappa shape index (κ1) is 23.9. The van der Waals surface area contributed by atoms with E-state index in [1.165, 1.54) is 16.4 Å². The maximum absolute atomic E-state index is 12.9. The van der Waals surface area contributed by atoms with Crippen molar-refractivity contribution < 1.29 is 22.4 Å². The van der Waals surface area contributed by atoms with Gasteiger partial charge in [0.2, 0.25) is 21.8 Å². The first-order chi connectivity index (χ1) is 15.3. The normalized spacial score (nSPS) is 14.9. The van der Waals surface area contributed by atoms with E-state index in [0.29, 0.717) is 26.1 Å². The van der Waals surface area contributed by atoms with Crippen molar-refractivity contribution in [1.29, 1.82) is 0 Å². The number of benzene rings is 2. The van der Waals surface area contributed by atoms with Crippen molar-refractivity contribution in [2.75, 3.05) is 32.7 Å². The molecule has 3 rings (SSSR count). The third-order valence-corrected chi connectivity index (χ3v) is 7.38. The second-order valence-electron chi connectivity index (χ2n) is 7.82. The highest BCUT2D eigenvalue weighted by Gasteiger charge is 2.30. The molecule has 0 atom stereocenters. The minimum absolute atomic E-state index is 0.0735. The summed E-state index contributed by atoms with van der Waals surface area (Å²) in [4.78, 5) is 26.3. The van der Waals surface area contributed by atoms with E-state index in [4.69, 9.17) is 0 Å². The SMILES string of the molecule is Cc1ccc(S(=O)(=O)N2CCN(C(=O)CCC(=O)NCCc3ccc(F)cc3)CC2)cc1. The van der Waals surface area contributed by atoms with E-state index in [9.17, 15) is 22.4 Å². The fourth-order valence-corrected chi connectivity index (χ4v) is 4.92. The average Bonchev–Trinajstić information content (AvgIpc) is 2.79. The summed E-state index contributed by atoms with van der Waals surface area (Å²) in [6, 6.07) is 12.8. The summed E-state index contributed by atoms with van der Waals surface area (Å²) in [6.45, 7) is 3.37. The lowest BCUT2D eigenvalue weighted by Gasteiger charge is -2.34. The molecule has 1 aliphatic heterocycles. The number of amides is 2. The molecule has 1 N–H and O–H groups in total. The molecule has 2 amide bonds. The summed E-state index contributed by atoms with van der Waals surface area (Å²) in [5.41, 5.74) is 1.90. The summed E-state index contributed by atoms with van der Waals surface area (Å²) >= 11 is 0. The van der Waals surface area contributed by atoms with Gasteiger partial charge in [0.05, 0.1) is 4.90 Å². The van der Waals surface area contributed by atoms with Gasteiger partial charge in [-0.15, -0.1) is 0 Å². The Morgan fingerprint density at radius 2 is 1.56 bits per heavy atom. The van der Waals surface area contributed by atoms with Gasteiger partial charge in [0.25, 0.3) is 0 Å². The van der Waals surface area contributed by atoms with E-state index >= 15 is 0 Å². The van der Waals surface area contributed by atoms with Crippen LogP contribution in [0.3, 0.4) is 0 Å². The van der Waals surface area contributed by atoms with Gasteiger partial charge in [-0.3, -0.25) is 9.59 Å². The van der Waals surface area contributed by atoms with Crippen molar-refractivity contribution in [2.45, 2.75) is 31.1 Å². The molecule has 0 saturated carbocycles. The minimum atomic E-state index is -3.58. The first-order valence-corrected chi connectivity index (χ1v) is 12.1. The molecule has 32 heavy (non-hydrogen) atoms. The van der Waals surface area contributed by atoms with Crippen LogP contribution in [0.2, 0.25) is 0 Å². The lowest BCUT2D eigenvalue weighted by molar-refractivity contribution is -0.134. The predicted octanol–water partition coefficient (Wildman–Crippen LogP) is 2.11. The number of carbonyl (C=O) groups is 2. The Bertz CT molecular complexity index is 1030. The Hall–Kier alpha value is -2.78. The number of nitrogens with one attached hydrogen (secondary N) is 1. The number of hydrogen-bond acceptors (Lipinski definition) is 4. The molecule has 2 aromatic carbocycles. The lowest BCUT2D eigenvalue weighted by atomic mass is 10.1. The van der Waals surface area contributed by atoms with Gasteiger partial charge in [-0.05, 0) is 43.2 Å². The number of nitrogens with zero attached hydrogens (tertiary/aromatic N) is 2. The Morgan fingerprint density at radius 1 is 0.938 bits per heavy atom. The van der Waals surface area contributed by atoms with Gasteiger partial charge in [-0.1, -0.05) is 29.8 Å². The van der Waals surface area contributed by atoms with Crippen LogP contribution in [0.4, 0.5) is 4.39 Å². The van der Waals surface area contributed by atoms with Crippen LogP contribution in [0.5, 0.6) is 0 Å². The summed E-state index contributed by atoms with van der Waals surface area (Å²) in [6.07, 6.45) is 0.731. The molecule has 1 fully saturated rings. The summed E-state index contributed by atoms with van der Waals surface area (Å²) in [5.74, 6) is -0.683. The molecule has 0 aromatic heterocycles. The summed E-state index contributed by atoms with van der Waals surface area (Å²) in [7, 11) is -3.58. The fraction of sp³-hybridized carbons (Fsp3) is 0.391. The maximum atomic E-state index is 12.9. The Labute approximate surface area is 188 Å². The van der Waals surface area contributed by atoms with Crippen LogP contribution < -0.4 is 5.32 Å². The van der Waals surface area contributed by atoms with E-state index in [0.717, 1.165) is 11.1 Å². The van der Waals surface area contributed by atoms with Crippen molar-refractivity contribution in [2.24, 2.45) is 0 Å². The van der Waals surface area contributed by atoms with Crippen molar-refractivity contribution in [3.8, 4) is 0 Å². The molecule has 172 valence electrons. The highest BCUT2D eigenvalue weighted by atomic mass is 32.2. The molecule has 0 unspecified atom stereocenters. The third kappa shape index (κ3) is 6.37. The Morgan fingerprint density at radius 3 is 2.19 bits per heavy atom. The Kier molecular flexibility index (Phi) is 7.98. The molecule has 0 bridgehead atoms. The largest absolute Gasteiger partial charge is 0.356 e. The number of sulfonamides is 1.